The molecule has 0 atom stereocenters. The molecule has 3 heterocycles. The van der Waals surface area contributed by atoms with Crippen LogP contribution < -0.4 is 9.64 Å². The predicted molar refractivity (Wildman–Crippen MR) is 127 cm³/mol. The SMILES string of the molecule is CN1C=Nc2ccc(OCCCN3CCN(c4cccc5sccc45)CC3)cc2C1. The minimum absolute atomic E-state index is 0.756. The number of piperazine rings is 1. The second-order valence-corrected chi connectivity index (χ2v) is 9.04. The van der Waals surface area contributed by atoms with Crippen molar-refractivity contribution in [1.82, 2.24) is 9.80 Å². The van der Waals surface area contributed by atoms with Crippen LogP contribution in [0.1, 0.15) is 12.0 Å². The van der Waals surface area contributed by atoms with Crippen LogP contribution >= 0.6 is 11.3 Å². The molecular formula is C24H28N4OS. The summed E-state index contributed by atoms with van der Waals surface area (Å²) in [6.45, 7) is 7.15. The average molecular weight is 421 g/mol. The Hall–Kier alpha value is -2.57. The lowest BCUT2D eigenvalue weighted by molar-refractivity contribution is 0.225. The Morgan fingerprint density at radius 3 is 2.87 bits per heavy atom. The van der Waals surface area contributed by atoms with E-state index in [1.165, 1.54) is 21.3 Å². The van der Waals surface area contributed by atoms with E-state index < -0.39 is 0 Å². The molecular weight excluding hydrogens is 392 g/mol. The van der Waals surface area contributed by atoms with Gasteiger partial charge in [0.1, 0.15) is 5.75 Å². The van der Waals surface area contributed by atoms with E-state index in [9.17, 15) is 0 Å². The Morgan fingerprint density at radius 1 is 1.07 bits per heavy atom. The molecule has 5 rings (SSSR count). The standard InChI is InChI=1S/C24H28N4OS/c1-26-17-19-16-20(6-7-22(19)25-18-26)29-14-3-9-27-10-12-28(13-11-27)23-4-2-5-24-21(23)8-15-30-24/h2,4-8,15-16,18H,3,9-14,17H2,1H3. The van der Waals surface area contributed by atoms with Crippen LogP contribution in [0, 0.1) is 0 Å². The zero-order valence-electron chi connectivity index (χ0n) is 17.5. The van der Waals surface area contributed by atoms with Crippen LogP contribution in [-0.2, 0) is 6.54 Å². The fraction of sp³-hybridized carbons (Fsp3) is 0.375. The van der Waals surface area contributed by atoms with Crippen LogP contribution in [-0.4, -0.2) is 62.5 Å². The van der Waals surface area contributed by atoms with Gasteiger partial charge in [-0.15, -0.1) is 11.3 Å². The largest absolute Gasteiger partial charge is 0.494 e. The van der Waals surface area contributed by atoms with Gasteiger partial charge in [0.05, 0.1) is 18.6 Å². The van der Waals surface area contributed by atoms with Crippen LogP contribution in [0.4, 0.5) is 11.4 Å². The molecule has 3 aromatic rings. The van der Waals surface area contributed by atoms with Crippen molar-refractivity contribution < 1.29 is 4.74 Å². The van der Waals surface area contributed by atoms with Crippen molar-refractivity contribution in [3.05, 3.63) is 53.4 Å². The molecule has 6 heteroatoms. The van der Waals surface area contributed by atoms with E-state index in [4.69, 9.17) is 4.74 Å². The Kier molecular flexibility index (Phi) is 5.60. The molecule has 0 aliphatic carbocycles. The summed E-state index contributed by atoms with van der Waals surface area (Å²) >= 11 is 1.83. The lowest BCUT2D eigenvalue weighted by Crippen LogP contribution is -2.46. The normalized spacial score (nSPS) is 16.8. The number of aliphatic imine (C=N–C) groups is 1. The third kappa shape index (κ3) is 4.16. The van der Waals surface area contributed by atoms with Crippen LogP contribution in [0.2, 0.25) is 0 Å². The number of fused-ring (bicyclic) bond motifs is 2. The van der Waals surface area contributed by atoms with Crippen molar-refractivity contribution >= 4 is 39.1 Å². The summed E-state index contributed by atoms with van der Waals surface area (Å²) < 4.78 is 7.40. The maximum Gasteiger partial charge on any atom is 0.119 e. The Bertz CT molecular complexity index is 1040. The van der Waals surface area contributed by atoms with E-state index in [1.54, 1.807) is 0 Å². The molecule has 1 fully saturated rings. The number of ether oxygens (including phenoxy) is 1. The maximum atomic E-state index is 6.02. The molecule has 1 aromatic heterocycles. The second-order valence-electron chi connectivity index (χ2n) is 8.09. The van der Waals surface area contributed by atoms with Gasteiger partial charge in [-0.1, -0.05) is 6.07 Å². The highest BCUT2D eigenvalue weighted by molar-refractivity contribution is 7.17. The summed E-state index contributed by atoms with van der Waals surface area (Å²) in [4.78, 5) is 11.6. The topological polar surface area (TPSA) is 31.3 Å². The summed E-state index contributed by atoms with van der Waals surface area (Å²) in [6.07, 6.45) is 2.93. The van der Waals surface area contributed by atoms with Crippen molar-refractivity contribution in [2.24, 2.45) is 4.99 Å². The molecule has 0 unspecified atom stereocenters. The van der Waals surface area contributed by atoms with Gasteiger partial charge in [0.2, 0.25) is 0 Å². The molecule has 0 spiro atoms. The smallest absolute Gasteiger partial charge is 0.119 e. The lowest BCUT2D eigenvalue weighted by Gasteiger charge is -2.36. The number of anilines is 1. The third-order valence-corrected chi connectivity index (χ3v) is 6.82. The number of nitrogens with zero attached hydrogens (tertiary/aromatic N) is 4. The molecule has 0 amide bonds. The zero-order chi connectivity index (χ0) is 20.3. The minimum atomic E-state index is 0.756. The number of rotatable bonds is 6. The lowest BCUT2D eigenvalue weighted by atomic mass is 10.1. The number of hydrogen-bond donors (Lipinski definition) is 0. The molecule has 1 saturated heterocycles. The first-order valence-corrected chi connectivity index (χ1v) is 11.6. The highest BCUT2D eigenvalue weighted by Gasteiger charge is 2.18. The van der Waals surface area contributed by atoms with Crippen molar-refractivity contribution in [3.8, 4) is 5.75 Å². The van der Waals surface area contributed by atoms with Gasteiger partial charge in [-0.25, -0.2) is 4.99 Å². The first-order chi connectivity index (χ1) is 14.8. The van der Waals surface area contributed by atoms with Crippen molar-refractivity contribution in [2.75, 3.05) is 51.3 Å². The highest BCUT2D eigenvalue weighted by Crippen LogP contribution is 2.31. The molecule has 0 N–H and O–H groups in total. The fourth-order valence-electron chi connectivity index (χ4n) is 4.32. The Labute approximate surface area is 182 Å². The average Bonchev–Trinajstić information content (AvgIpc) is 3.26. The van der Waals surface area contributed by atoms with E-state index in [2.05, 4.69) is 61.5 Å². The van der Waals surface area contributed by atoms with Crippen molar-refractivity contribution in [3.63, 3.8) is 0 Å². The maximum absolute atomic E-state index is 6.02. The van der Waals surface area contributed by atoms with Gasteiger partial charge in [0, 0.05) is 67.7 Å². The van der Waals surface area contributed by atoms with E-state index in [0.717, 1.165) is 63.7 Å². The molecule has 2 aliphatic heterocycles. The van der Waals surface area contributed by atoms with E-state index >= 15 is 0 Å². The summed E-state index contributed by atoms with van der Waals surface area (Å²) in [6, 6.07) is 15.1. The van der Waals surface area contributed by atoms with Crippen LogP contribution in [0.3, 0.4) is 0 Å². The molecule has 0 bridgehead atoms. The molecule has 156 valence electrons. The zero-order valence-corrected chi connectivity index (χ0v) is 18.3. The summed E-state index contributed by atoms with van der Waals surface area (Å²) in [5.41, 5.74) is 3.67. The number of thiophene rings is 1. The fourth-order valence-corrected chi connectivity index (χ4v) is 5.13. The van der Waals surface area contributed by atoms with Crippen LogP contribution in [0.5, 0.6) is 5.75 Å². The van der Waals surface area contributed by atoms with Gasteiger partial charge in [-0.3, -0.25) is 4.90 Å². The molecule has 2 aliphatic rings. The monoisotopic (exact) mass is 420 g/mol. The second kappa shape index (κ2) is 8.66. The molecule has 0 saturated carbocycles. The first kappa shape index (κ1) is 19.4. The minimum Gasteiger partial charge on any atom is -0.494 e. The summed E-state index contributed by atoms with van der Waals surface area (Å²) in [5.74, 6) is 0.952. The molecule has 2 aromatic carbocycles. The molecule has 30 heavy (non-hydrogen) atoms. The van der Waals surface area contributed by atoms with Crippen molar-refractivity contribution in [2.45, 2.75) is 13.0 Å². The van der Waals surface area contributed by atoms with Crippen molar-refractivity contribution in [1.29, 1.82) is 0 Å². The van der Waals surface area contributed by atoms with Gasteiger partial charge >= 0.3 is 0 Å². The number of benzene rings is 2. The van der Waals surface area contributed by atoms with Gasteiger partial charge in [0.25, 0.3) is 0 Å². The van der Waals surface area contributed by atoms with Gasteiger partial charge < -0.3 is 14.5 Å². The van der Waals surface area contributed by atoms with E-state index in [-0.39, 0.29) is 0 Å². The number of hydrogen-bond acceptors (Lipinski definition) is 6. The molecule has 0 radical (unpaired) electrons. The highest BCUT2D eigenvalue weighted by atomic mass is 32.1. The third-order valence-electron chi connectivity index (χ3n) is 5.94. The van der Waals surface area contributed by atoms with Crippen LogP contribution in [0.15, 0.2) is 52.8 Å². The first-order valence-electron chi connectivity index (χ1n) is 10.7. The van der Waals surface area contributed by atoms with Gasteiger partial charge in [0.15, 0.2) is 0 Å². The van der Waals surface area contributed by atoms with Crippen LogP contribution in [0.25, 0.3) is 10.1 Å². The summed E-state index contributed by atoms with van der Waals surface area (Å²) in [7, 11) is 2.04. The Balaban J connectivity index is 1.08. The quantitative estimate of drug-likeness (QED) is 0.546. The summed E-state index contributed by atoms with van der Waals surface area (Å²) in [5, 5.41) is 3.59. The molecule has 5 nitrogen and oxygen atoms in total. The van der Waals surface area contributed by atoms with E-state index in [0.29, 0.717) is 0 Å². The predicted octanol–water partition coefficient (Wildman–Crippen LogP) is 4.60. The van der Waals surface area contributed by atoms with E-state index in [1.807, 2.05) is 30.8 Å². The van der Waals surface area contributed by atoms with Gasteiger partial charge in [-0.05, 0) is 48.2 Å². The van der Waals surface area contributed by atoms with Gasteiger partial charge in [-0.2, -0.15) is 0 Å². The Morgan fingerprint density at radius 2 is 1.97 bits per heavy atom.